The molecule has 2 aromatic heterocycles. The Morgan fingerprint density at radius 2 is 1.42 bits per heavy atom. The van der Waals surface area contributed by atoms with E-state index in [4.69, 9.17) is 4.99 Å². The van der Waals surface area contributed by atoms with Crippen molar-refractivity contribution in [1.29, 1.82) is 0 Å². The molecule has 2 heterocycles. The fourth-order valence-corrected chi connectivity index (χ4v) is 4.36. The molecule has 0 radical (unpaired) electrons. The fraction of sp³-hybridized carbons (Fsp3) is 0. The van der Waals surface area contributed by atoms with Crippen molar-refractivity contribution in [3.05, 3.63) is 119 Å². The molecule has 0 amide bonds. The lowest BCUT2D eigenvalue weighted by Crippen LogP contribution is -1.99. The zero-order chi connectivity index (χ0) is 22.2. The number of H-pyrrole nitrogens is 2. The van der Waals surface area contributed by atoms with E-state index in [1.54, 1.807) is 0 Å². The first kappa shape index (κ1) is 19.1. The minimum atomic E-state index is -0.219. The van der Waals surface area contributed by atoms with Gasteiger partial charge < -0.3 is 14.5 Å². The SMILES string of the molecule is O=c1[nH]c2ccc(N=Cc3c(-c4ccccc4)n(-c4ccccc4)c4ccccc34)cc2[nH]1. The lowest BCUT2D eigenvalue weighted by atomic mass is 10.1. The Morgan fingerprint density at radius 3 is 2.24 bits per heavy atom. The predicted octanol–water partition coefficient (Wildman–Crippen LogP) is 6.22. The highest BCUT2D eigenvalue weighted by molar-refractivity contribution is 6.08. The van der Waals surface area contributed by atoms with E-state index in [2.05, 4.69) is 87.3 Å². The normalized spacial score (nSPS) is 11.6. The minimum Gasteiger partial charge on any atom is -0.309 e. The number of benzene rings is 4. The van der Waals surface area contributed by atoms with Crippen molar-refractivity contribution >= 4 is 33.8 Å². The number of para-hydroxylation sites is 2. The van der Waals surface area contributed by atoms with E-state index >= 15 is 0 Å². The van der Waals surface area contributed by atoms with Gasteiger partial charge in [0.25, 0.3) is 0 Å². The summed E-state index contributed by atoms with van der Waals surface area (Å²) in [6.45, 7) is 0. The second-order valence-corrected chi connectivity index (χ2v) is 7.88. The van der Waals surface area contributed by atoms with Gasteiger partial charge in [-0.25, -0.2) is 4.79 Å². The van der Waals surface area contributed by atoms with Gasteiger partial charge in [-0.1, -0.05) is 66.7 Å². The summed E-state index contributed by atoms with van der Waals surface area (Å²) in [6, 6.07) is 34.8. The first-order valence-corrected chi connectivity index (χ1v) is 10.8. The van der Waals surface area contributed by atoms with E-state index < -0.39 is 0 Å². The van der Waals surface area contributed by atoms with E-state index in [-0.39, 0.29) is 5.69 Å². The highest BCUT2D eigenvalue weighted by atomic mass is 16.1. The van der Waals surface area contributed by atoms with Crippen LogP contribution in [0.15, 0.2) is 113 Å². The van der Waals surface area contributed by atoms with Crippen molar-refractivity contribution in [2.24, 2.45) is 4.99 Å². The summed E-state index contributed by atoms with van der Waals surface area (Å²) >= 11 is 0. The number of nitrogens with zero attached hydrogens (tertiary/aromatic N) is 2. The maximum absolute atomic E-state index is 11.6. The van der Waals surface area contributed by atoms with Crippen molar-refractivity contribution < 1.29 is 0 Å². The van der Waals surface area contributed by atoms with Crippen molar-refractivity contribution in [1.82, 2.24) is 14.5 Å². The molecule has 6 aromatic rings. The fourth-order valence-electron chi connectivity index (χ4n) is 4.36. The van der Waals surface area contributed by atoms with Crippen LogP contribution in [-0.2, 0) is 0 Å². The Balaban J connectivity index is 1.60. The average Bonchev–Trinajstić information content (AvgIpc) is 3.40. The number of aromatic nitrogens is 3. The van der Waals surface area contributed by atoms with E-state index in [0.717, 1.165) is 50.1 Å². The predicted molar refractivity (Wildman–Crippen MR) is 135 cm³/mol. The number of aliphatic imine (C=N–C) groups is 1. The maximum atomic E-state index is 11.6. The third-order valence-corrected chi connectivity index (χ3v) is 5.82. The van der Waals surface area contributed by atoms with Crippen LogP contribution in [0.3, 0.4) is 0 Å². The number of hydrogen-bond donors (Lipinski definition) is 2. The summed E-state index contributed by atoms with van der Waals surface area (Å²) in [7, 11) is 0. The summed E-state index contributed by atoms with van der Waals surface area (Å²) in [5, 5.41) is 1.13. The minimum absolute atomic E-state index is 0.219. The van der Waals surface area contributed by atoms with E-state index in [1.165, 1.54) is 0 Å². The molecule has 4 aromatic carbocycles. The van der Waals surface area contributed by atoms with Gasteiger partial charge in [0.05, 0.1) is 27.9 Å². The Labute approximate surface area is 189 Å². The van der Waals surface area contributed by atoms with Crippen LogP contribution in [0.25, 0.3) is 38.9 Å². The first-order valence-electron chi connectivity index (χ1n) is 10.8. The highest BCUT2D eigenvalue weighted by Crippen LogP contribution is 2.36. The quantitative estimate of drug-likeness (QED) is 0.322. The van der Waals surface area contributed by atoms with Gasteiger partial charge >= 0.3 is 5.69 Å². The van der Waals surface area contributed by atoms with E-state index in [9.17, 15) is 4.79 Å². The smallest absolute Gasteiger partial charge is 0.309 e. The molecule has 33 heavy (non-hydrogen) atoms. The average molecular weight is 428 g/mol. The van der Waals surface area contributed by atoms with Crippen LogP contribution in [0.4, 0.5) is 5.69 Å². The summed E-state index contributed by atoms with van der Waals surface area (Å²) in [5.41, 5.74) is 7.52. The van der Waals surface area contributed by atoms with Gasteiger partial charge in [0.1, 0.15) is 0 Å². The molecule has 5 nitrogen and oxygen atoms in total. The number of hydrogen-bond acceptors (Lipinski definition) is 2. The van der Waals surface area contributed by atoms with Gasteiger partial charge in [-0.05, 0) is 42.0 Å². The van der Waals surface area contributed by atoms with Crippen molar-refractivity contribution in [3.8, 4) is 16.9 Å². The molecule has 0 aliphatic carbocycles. The molecule has 0 saturated heterocycles. The van der Waals surface area contributed by atoms with E-state index in [0.29, 0.717) is 0 Å². The lowest BCUT2D eigenvalue weighted by Gasteiger charge is -2.12. The maximum Gasteiger partial charge on any atom is 0.323 e. The third kappa shape index (κ3) is 3.36. The van der Waals surface area contributed by atoms with Crippen molar-refractivity contribution in [2.75, 3.05) is 0 Å². The Kier molecular flexibility index (Phi) is 4.51. The molecule has 0 aliphatic rings. The lowest BCUT2D eigenvalue weighted by molar-refractivity contribution is 1.13. The van der Waals surface area contributed by atoms with Crippen LogP contribution in [0.1, 0.15) is 5.56 Å². The Bertz CT molecular complexity index is 1670. The molecule has 0 saturated carbocycles. The number of aromatic amines is 2. The largest absolute Gasteiger partial charge is 0.323 e. The third-order valence-electron chi connectivity index (χ3n) is 5.82. The topological polar surface area (TPSA) is 65.9 Å². The van der Waals surface area contributed by atoms with Crippen LogP contribution in [-0.4, -0.2) is 20.7 Å². The summed E-state index contributed by atoms with van der Waals surface area (Å²) in [4.78, 5) is 22.0. The second kappa shape index (κ2) is 7.80. The number of rotatable bonds is 4. The highest BCUT2D eigenvalue weighted by Gasteiger charge is 2.18. The van der Waals surface area contributed by atoms with Crippen molar-refractivity contribution in [3.63, 3.8) is 0 Å². The summed E-state index contributed by atoms with van der Waals surface area (Å²) in [5.74, 6) is 0. The molecule has 0 spiro atoms. The molecule has 0 unspecified atom stereocenters. The number of fused-ring (bicyclic) bond motifs is 2. The molecule has 5 heteroatoms. The molecule has 6 rings (SSSR count). The van der Waals surface area contributed by atoms with Gasteiger partial charge in [0.2, 0.25) is 0 Å². The van der Waals surface area contributed by atoms with Crippen LogP contribution in [0, 0.1) is 0 Å². The van der Waals surface area contributed by atoms with Crippen LogP contribution in [0.2, 0.25) is 0 Å². The Hall–Kier alpha value is -4.64. The molecule has 0 atom stereocenters. The van der Waals surface area contributed by atoms with Gasteiger partial charge in [-0.2, -0.15) is 0 Å². The van der Waals surface area contributed by atoms with E-state index in [1.807, 2.05) is 36.5 Å². The van der Waals surface area contributed by atoms with Gasteiger partial charge in [0.15, 0.2) is 0 Å². The first-order chi connectivity index (χ1) is 16.3. The van der Waals surface area contributed by atoms with Gasteiger partial charge in [0, 0.05) is 22.9 Å². The van der Waals surface area contributed by atoms with Crippen LogP contribution in [0.5, 0.6) is 0 Å². The molecule has 0 aliphatic heterocycles. The zero-order valence-electron chi connectivity index (χ0n) is 17.7. The second-order valence-electron chi connectivity index (χ2n) is 7.88. The molecule has 0 fully saturated rings. The molecule has 158 valence electrons. The molecular formula is C28H20N4O. The molecule has 0 bridgehead atoms. The number of imidazole rings is 1. The van der Waals surface area contributed by atoms with Gasteiger partial charge in [-0.3, -0.25) is 4.99 Å². The van der Waals surface area contributed by atoms with Gasteiger partial charge in [-0.15, -0.1) is 0 Å². The zero-order valence-corrected chi connectivity index (χ0v) is 17.7. The monoisotopic (exact) mass is 428 g/mol. The molecular weight excluding hydrogens is 408 g/mol. The van der Waals surface area contributed by atoms with Crippen molar-refractivity contribution in [2.45, 2.75) is 0 Å². The molecule has 2 N–H and O–H groups in total. The van der Waals surface area contributed by atoms with Crippen LogP contribution < -0.4 is 5.69 Å². The summed E-state index contributed by atoms with van der Waals surface area (Å²) < 4.78 is 2.29. The number of nitrogens with one attached hydrogen (secondary N) is 2. The Morgan fingerprint density at radius 1 is 0.727 bits per heavy atom. The summed E-state index contributed by atoms with van der Waals surface area (Å²) in [6.07, 6.45) is 1.93. The van der Waals surface area contributed by atoms with Crippen LogP contribution >= 0.6 is 0 Å². The standard InChI is InChI=1S/C28H20N4O/c33-28-30-24-16-15-20(17-25(24)31-28)29-18-23-22-13-7-8-14-26(22)32(21-11-5-2-6-12-21)27(23)19-9-3-1-4-10-19/h1-18H,(H2,30,31,33).